The molecule has 0 atom stereocenters. The van der Waals surface area contributed by atoms with Gasteiger partial charge in [-0.25, -0.2) is 9.37 Å². The molecule has 2 aromatic rings. The maximum absolute atomic E-state index is 13.1. The Morgan fingerprint density at radius 3 is 2.84 bits per heavy atom. The minimum atomic E-state index is -0.414. The second-order valence-electron chi connectivity index (χ2n) is 3.62. The molecule has 0 bridgehead atoms. The van der Waals surface area contributed by atoms with Crippen molar-refractivity contribution in [2.75, 3.05) is 17.7 Å². The third-order valence-corrected chi connectivity index (χ3v) is 2.91. The Hall–Kier alpha value is -2.02. The van der Waals surface area contributed by atoms with Gasteiger partial charge in [0.2, 0.25) is 0 Å². The lowest BCUT2D eigenvalue weighted by Gasteiger charge is -2.06. The van der Waals surface area contributed by atoms with E-state index in [1.807, 2.05) is 0 Å². The number of amides is 1. The quantitative estimate of drug-likeness (QED) is 0.910. The van der Waals surface area contributed by atoms with E-state index in [1.54, 1.807) is 7.05 Å². The molecule has 1 aromatic heterocycles. The van der Waals surface area contributed by atoms with E-state index in [0.717, 1.165) is 0 Å². The van der Waals surface area contributed by atoms with Gasteiger partial charge in [0.25, 0.3) is 5.91 Å². The lowest BCUT2D eigenvalue weighted by molar-refractivity contribution is 0.102. The number of carbonyl (C=O) groups excluding carboxylic acids is 1. The first-order valence-electron chi connectivity index (χ1n) is 5.36. The van der Waals surface area contributed by atoms with Gasteiger partial charge in [-0.2, -0.15) is 0 Å². The van der Waals surface area contributed by atoms with Crippen molar-refractivity contribution in [1.82, 2.24) is 9.97 Å². The minimum absolute atomic E-state index is 0.173. The topological polar surface area (TPSA) is 66.9 Å². The molecule has 1 aromatic carbocycles. The van der Waals surface area contributed by atoms with E-state index in [0.29, 0.717) is 11.5 Å². The summed E-state index contributed by atoms with van der Waals surface area (Å²) in [7, 11) is 1.68. The van der Waals surface area contributed by atoms with Crippen LogP contribution in [0.1, 0.15) is 10.5 Å². The summed E-state index contributed by atoms with van der Waals surface area (Å²) in [5.41, 5.74) is 0.641. The molecule has 5 nitrogen and oxygen atoms in total. The number of hydrogen-bond donors (Lipinski definition) is 2. The maximum Gasteiger partial charge on any atom is 0.275 e. The van der Waals surface area contributed by atoms with Crippen molar-refractivity contribution in [3.05, 3.63) is 46.6 Å². The first-order valence-corrected chi connectivity index (χ1v) is 6.15. The predicted octanol–water partition coefficient (Wildman–Crippen LogP) is 2.67. The number of nitrogens with zero attached hydrogens (tertiary/aromatic N) is 2. The Balaban J connectivity index is 2.18. The van der Waals surface area contributed by atoms with Crippen molar-refractivity contribution in [3.63, 3.8) is 0 Å². The fraction of sp³-hybridized carbons (Fsp3) is 0.0833. The molecule has 0 fully saturated rings. The molecule has 19 heavy (non-hydrogen) atoms. The minimum Gasteiger partial charge on any atom is -0.372 e. The van der Waals surface area contributed by atoms with E-state index >= 15 is 0 Å². The molecule has 0 aliphatic heterocycles. The standard InChI is InChI=1S/C12H10BrFN4O/c1-15-11-6-16-5-10(18-11)12(19)17-7-2-3-9(14)8(13)4-7/h2-6H,1H3,(H,15,18)(H,17,19). The highest BCUT2D eigenvalue weighted by Crippen LogP contribution is 2.20. The van der Waals surface area contributed by atoms with Crippen molar-refractivity contribution in [1.29, 1.82) is 0 Å². The van der Waals surface area contributed by atoms with Crippen LogP contribution in [-0.4, -0.2) is 22.9 Å². The Bertz CT molecular complexity index is 620. The number of anilines is 2. The summed E-state index contributed by atoms with van der Waals surface area (Å²) in [6, 6.07) is 4.20. The van der Waals surface area contributed by atoms with Crippen LogP contribution in [0.5, 0.6) is 0 Å². The zero-order valence-corrected chi connectivity index (χ0v) is 11.5. The largest absolute Gasteiger partial charge is 0.372 e. The fourth-order valence-electron chi connectivity index (χ4n) is 1.36. The van der Waals surface area contributed by atoms with Crippen LogP contribution in [-0.2, 0) is 0 Å². The maximum atomic E-state index is 13.1. The summed E-state index contributed by atoms with van der Waals surface area (Å²) >= 11 is 3.05. The molecule has 1 heterocycles. The number of rotatable bonds is 3. The van der Waals surface area contributed by atoms with Gasteiger partial charge in [-0.3, -0.25) is 9.78 Å². The van der Waals surface area contributed by atoms with E-state index in [1.165, 1.54) is 30.6 Å². The number of aromatic nitrogens is 2. The van der Waals surface area contributed by atoms with E-state index < -0.39 is 11.7 Å². The molecule has 0 unspecified atom stereocenters. The number of hydrogen-bond acceptors (Lipinski definition) is 4. The summed E-state index contributed by atoms with van der Waals surface area (Å²) in [6.07, 6.45) is 2.86. The summed E-state index contributed by atoms with van der Waals surface area (Å²) < 4.78 is 13.3. The Morgan fingerprint density at radius 1 is 1.37 bits per heavy atom. The predicted molar refractivity (Wildman–Crippen MR) is 73.6 cm³/mol. The summed E-state index contributed by atoms with van der Waals surface area (Å²) in [4.78, 5) is 19.9. The van der Waals surface area contributed by atoms with Crippen LogP contribution in [0, 0.1) is 5.82 Å². The molecule has 0 radical (unpaired) electrons. The molecule has 1 amide bonds. The fourth-order valence-corrected chi connectivity index (χ4v) is 1.74. The van der Waals surface area contributed by atoms with Gasteiger partial charge in [-0.1, -0.05) is 0 Å². The van der Waals surface area contributed by atoms with Crippen LogP contribution in [0.25, 0.3) is 0 Å². The van der Waals surface area contributed by atoms with Crippen molar-refractivity contribution >= 4 is 33.3 Å². The van der Waals surface area contributed by atoms with E-state index in [-0.39, 0.29) is 10.2 Å². The Labute approximate surface area is 117 Å². The number of carbonyl (C=O) groups is 1. The average Bonchev–Trinajstić information content (AvgIpc) is 2.43. The molecular formula is C12H10BrFN4O. The highest BCUT2D eigenvalue weighted by atomic mass is 79.9. The first kappa shape index (κ1) is 13.4. The van der Waals surface area contributed by atoms with Crippen molar-refractivity contribution in [2.45, 2.75) is 0 Å². The van der Waals surface area contributed by atoms with Crippen LogP contribution in [0.3, 0.4) is 0 Å². The van der Waals surface area contributed by atoms with Gasteiger partial charge < -0.3 is 10.6 Å². The normalized spacial score (nSPS) is 10.1. The van der Waals surface area contributed by atoms with Gasteiger partial charge in [0, 0.05) is 12.7 Å². The van der Waals surface area contributed by atoms with Crippen molar-refractivity contribution < 1.29 is 9.18 Å². The molecule has 0 aliphatic rings. The summed E-state index contributed by atoms with van der Waals surface area (Å²) in [5.74, 6) is -0.314. The Kier molecular flexibility index (Phi) is 4.06. The van der Waals surface area contributed by atoms with Crippen molar-refractivity contribution in [3.8, 4) is 0 Å². The van der Waals surface area contributed by atoms with Gasteiger partial charge in [0.1, 0.15) is 17.3 Å². The average molecular weight is 325 g/mol. The second kappa shape index (κ2) is 5.75. The van der Waals surface area contributed by atoms with Crippen LogP contribution < -0.4 is 10.6 Å². The molecular weight excluding hydrogens is 315 g/mol. The Morgan fingerprint density at radius 2 is 2.16 bits per heavy atom. The zero-order valence-electron chi connectivity index (χ0n) is 9.95. The molecule has 0 saturated heterocycles. The highest BCUT2D eigenvalue weighted by Gasteiger charge is 2.10. The summed E-state index contributed by atoms with van der Waals surface area (Å²) in [5, 5.41) is 5.40. The zero-order chi connectivity index (χ0) is 13.8. The number of nitrogens with one attached hydrogen (secondary N) is 2. The molecule has 0 saturated carbocycles. The van der Waals surface area contributed by atoms with Crippen LogP contribution in [0.2, 0.25) is 0 Å². The third kappa shape index (κ3) is 3.25. The van der Waals surface area contributed by atoms with Crippen LogP contribution >= 0.6 is 15.9 Å². The monoisotopic (exact) mass is 324 g/mol. The third-order valence-electron chi connectivity index (χ3n) is 2.30. The van der Waals surface area contributed by atoms with Crippen molar-refractivity contribution in [2.24, 2.45) is 0 Å². The second-order valence-corrected chi connectivity index (χ2v) is 4.48. The van der Waals surface area contributed by atoms with E-state index in [9.17, 15) is 9.18 Å². The van der Waals surface area contributed by atoms with E-state index in [4.69, 9.17) is 0 Å². The molecule has 98 valence electrons. The lowest BCUT2D eigenvalue weighted by Crippen LogP contribution is -2.14. The SMILES string of the molecule is CNc1cncc(C(=O)Nc2ccc(F)c(Br)c2)n1. The van der Waals surface area contributed by atoms with Gasteiger partial charge in [-0.05, 0) is 34.1 Å². The summed E-state index contributed by atoms with van der Waals surface area (Å²) in [6.45, 7) is 0. The van der Waals surface area contributed by atoms with Gasteiger partial charge in [-0.15, -0.1) is 0 Å². The molecule has 7 heteroatoms. The lowest BCUT2D eigenvalue weighted by atomic mass is 10.3. The molecule has 0 spiro atoms. The van der Waals surface area contributed by atoms with Crippen LogP contribution in [0.15, 0.2) is 35.1 Å². The molecule has 0 aliphatic carbocycles. The van der Waals surface area contributed by atoms with E-state index in [2.05, 4.69) is 36.5 Å². The van der Waals surface area contributed by atoms with Gasteiger partial charge >= 0.3 is 0 Å². The smallest absolute Gasteiger partial charge is 0.275 e. The molecule has 2 N–H and O–H groups in total. The highest BCUT2D eigenvalue weighted by molar-refractivity contribution is 9.10. The van der Waals surface area contributed by atoms with Gasteiger partial charge in [0.15, 0.2) is 0 Å². The van der Waals surface area contributed by atoms with Gasteiger partial charge in [0.05, 0.1) is 16.9 Å². The molecule has 2 rings (SSSR count). The van der Waals surface area contributed by atoms with Crippen LogP contribution in [0.4, 0.5) is 15.9 Å². The first-order chi connectivity index (χ1) is 9.10. The number of halogens is 2. The number of benzene rings is 1.